The monoisotopic (exact) mass is 499 g/mol. The summed E-state index contributed by atoms with van der Waals surface area (Å²) in [5.74, 6) is 2.84. The fraction of sp³-hybridized carbons (Fsp3) is 0.619. The van der Waals surface area contributed by atoms with Gasteiger partial charge in [0.05, 0.1) is 17.6 Å². The van der Waals surface area contributed by atoms with Gasteiger partial charge < -0.3 is 19.5 Å². The third-order valence-electron chi connectivity index (χ3n) is 4.96. The van der Waals surface area contributed by atoms with Gasteiger partial charge in [0.1, 0.15) is 5.82 Å². The van der Waals surface area contributed by atoms with E-state index in [1.807, 2.05) is 6.07 Å². The Hall–Kier alpha value is -1.35. The molecule has 0 spiro atoms. The molecule has 28 heavy (non-hydrogen) atoms. The van der Waals surface area contributed by atoms with E-state index >= 15 is 0 Å². The lowest BCUT2D eigenvalue weighted by molar-refractivity contribution is 0.115. The summed E-state index contributed by atoms with van der Waals surface area (Å²) >= 11 is 0. The average Bonchev–Trinajstić information content (AvgIpc) is 3.44. The molecule has 1 heterocycles. The molecule has 0 atom stereocenters. The number of halogens is 1. The summed E-state index contributed by atoms with van der Waals surface area (Å²) in [5.41, 5.74) is 2.27. The van der Waals surface area contributed by atoms with Crippen molar-refractivity contribution in [2.75, 3.05) is 39.9 Å². The van der Waals surface area contributed by atoms with Crippen LogP contribution in [0.15, 0.2) is 29.3 Å². The van der Waals surface area contributed by atoms with Crippen molar-refractivity contribution in [3.63, 3.8) is 0 Å². The Morgan fingerprint density at radius 3 is 2.89 bits per heavy atom. The van der Waals surface area contributed by atoms with E-state index in [4.69, 9.17) is 9.73 Å². The molecule has 1 aliphatic rings. The highest BCUT2D eigenvalue weighted by Gasteiger charge is 2.21. The number of aliphatic imine (C=N–C) groups is 1. The van der Waals surface area contributed by atoms with Gasteiger partial charge in [-0.1, -0.05) is 12.1 Å². The average molecular weight is 499 g/mol. The summed E-state index contributed by atoms with van der Waals surface area (Å²) < 4.78 is 8.04. The molecule has 3 rings (SSSR count). The summed E-state index contributed by atoms with van der Waals surface area (Å²) in [7, 11) is 2.08. The Labute approximate surface area is 185 Å². The highest BCUT2D eigenvalue weighted by molar-refractivity contribution is 14.0. The van der Waals surface area contributed by atoms with Crippen molar-refractivity contribution in [1.29, 1.82) is 0 Å². The second-order valence-corrected chi connectivity index (χ2v) is 7.33. The number of rotatable bonds is 10. The largest absolute Gasteiger partial charge is 0.379 e. The summed E-state index contributed by atoms with van der Waals surface area (Å²) in [5, 5.41) is 3.38. The third-order valence-corrected chi connectivity index (χ3v) is 4.96. The molecule has 6 nitrogen and oxygen atoms in total. The lowest BCUT2D eigenvalue weighted by Gasteiger charge is -2.22. The van der Waals surface area contributed by atoms with Crippen LogP contribution < -0.4 is 5.32 Å². The highest BCUT2D eigenvalue weighted by Crippen LogP contribution is 2.28. The van der Waals surface area contributed by atoms with Gasteiger partial charge in [-0.25, -0.2) is 4.98 Å². The fourth-order valence-electron chi connectivity index (χ4n) is 3.20. The summed E-state index contributed by atoms with van der Waals surface area (Å²) in [6, 6.07) is 8.32. The Kier molecular flexibility index (Phi) is 9.50. The third kappa shape index (κ3) is 6.62. The highest BCUT2D eigenvalue weighted by atomic mass is 127. The van der Waals surface area contributed by atoms with Gasteiger partial charge in [-0.15, -0.1) is 24.0 Å². The minimum Gasteiger partial charge on any atom is -0.379 e. The molecule has 0 saturated heterocycles. The number of ether oxygens (including phenoxy) is 1. The van der Waals surface area contributed by atoms with E-state index in [1.165, 1.54) is 18.4 Å². The predicted octanol–water partition coefficient (Wildman–Crippen LogP) is 3.68. The number of fused-ring (bicyclic) bond motifs is 1. The van der Waals surface area contributed by atoms with Crippen molar-refractivity contribution < 1.29 is 4.74 Å². The summed E-state index contributed by atoms with van der Waals surface area (Å²) in [6.07, 6.45) is 3.67. The van der Waals surface area contributed by atoms with E-state index < -0.39 is 0 Å². The maximum Gasteiger partial charge on any atom is 0.193 e. The van der Waals surface area contributed by atoms with Gasteiger partial charge in [0, 0.05) is 39.8 Å². The number of guanidine groups is 1. The van der Waals surface area contributed by atoms with Gasteiger partial charge in [-0.2, -0.15) is 0 Å². The van der Waals surface area contributed by atoms with E-state index in [2.05, 4.69) is 58.9 Å². The van der Waals surface area contributed by atoms with Crippen molar-refractivity contribution >= 4 is 41.0 Å². The first-order chi connectivity index (χ1) is 13.2. The molecule has 0 amide bonds. The van der Waals surface area contributed by atoms with E-state index in [9.17, 15) is 0 Å². The van der Waals surface area contributed by atoms with Crippen molar-refractivity contribution in [3.8, 4) is 0 Å². The zero-order valence-corrected chi connectivity index (χ0v) is 19.7. The lowest BCUT2D eigenvalue weighted by atomic mass is 10.3. The topological polar surface area (TPSA) is 54.7 Å². The number of hydrogen-bond acceptors (Lipinski definition) is 3. The van der Waals surface area contributed by atoms with E-state index in [0.29, 0.717) is 0 Å². The molecule has 1 aromatic carbocycles. The Morgan fingerprint density at radius 1 is 1.36 bits per heavy atom. The molecule has 0 unspecified atom stereocenters. The van der Waals surface area contributed by atoms with E-state index in [0.717, 1.165) is 69.0 Å². The molecule has 1 fully saturated rings. The molecule has 7 heteroatoms. The van der Waals surface area contributed by atoms with Crippen molar-refractivity contribution in [2.45, 2.75) is 39.7 Å². The molecule has 1 aromatic heterocycles. The zero-order valence-electron chi connectivity index (χ0n) is 17.4. The van der Waals surface area contributed by atoms with Crippen LogP contribution in [-0.4, -0.2) is 60.3 Å². The van der Waals surface area contributed by atoms with Crippen molar-refractivity contribution in [1.82, 2.24) is 19.8 Å². The van der Waals surface area contributed by atoms with Crippen LogP contribution in [0.2, 0.25) is 0 Å². The Bertz CT molecular complexity index is 756. The van der Waals surface area contributed by atoms with Gasteiger partial charge >= 0.3 is 0 Å². The van der Waals surface area contributed by atoms with E-state index in [-0.39, 0.29) is 24.0 Å². The Balaban J connectivity index is 0.00000280. The van der Waals surface area contributed by atoms with Crippen LogP contribution in [0.5, 0.6) is 0 Å². The maximum absolute atomic E-state index is 5.75. The number of para-hydroxylation sites is 2. The number of nitrogens with zero attached hydrogens (tertiary/aromatic N) is 4. The normalized spacial score (nSPS) is 14.2. The van der Waals surface area contributed by atoms with Crippen LogP contribution in [0, 0.1) is 12.8 Å². The van der Waals surface area contributed by atoms with Gasteiger partial charge in [0.25, 0.3) is 0 Å². The van der Waals surface area contributed by atoms with E-state index in [1.54, 1.807) is 0 Å². The molecule has 156 valence electrons. The van der Waals surface area contributed by atoms with Crippen molar-refractivity contribution in [2.24, 2.45) is 10.9 Å². The number of benzene rings is 1. The number of aryl methyl sites for hydroxylation is 2. The summed E-state index contributed by atoms with van der Waals surface area (Å²) in [6.45, 7) is 9.32. The maximum atomic E-state index is 5.75. The van der Waals surface area contributed by atoms with Gasteiger partial charge in [-0.05, 0) is 51.2 Å². The minimum absolute atomic E-state index is 0. The smallest absolute Gasteiger partial charge is 0.193 e. The molecule has 0 radical (unpaired) electrons. The first kappa shape index (κ1) is 22.9. The number of nitrogens with one attached hydrogen (secondary N) is 1. The Morgan fingerprint density at radius 2 is 2.14 bits per heavy atom. The first-order valence-corrected chi connectivity index (χ1v) is 10.2. The summed E-state index contributed by atoms with van der Waals surface area (Å²) in [4.78, 5) is 11.6. The van der Waals surface area contributed by atoms with Crippen molar-refractivity contribution in [3.05, 3.63) is 30.1 Å². The number of hydrogen-bond donors (Lipinski definition) is 1. The quantitative estimate of drug-likeness (QED) is 0.235. The number of aromatic nitrogens is 2. The number of imidazole rings is 1. The molecule has 1 saturated carbocycles. The second-order valence-electron chi connectivity index (χ2n) is 7.33. The molecule has 0 aliphatic heterocycles. The fourth-order valence-corrected chi connectivity index (χ4v) is 3.20. The standard InChI is InChI=1S/C21H33N5O.HI/c1-4-22-21(25(3)14-15-27-16-18-10-11-18)23-12-7-13-26-17(2)24-19-8-5-6-9-20(19)26;/h5-6,8-9,18H,4,7,10-16H2,1-3H3,(H,22,23);1H. The second kappa shape index (κ2) is 11.6. The molecule has 1 N–H and O–H groups in total. The zero-order chi connectivity index (χ0) is 19.1. The SMILES string of the molecule is CCNC(=NCCCn1c(C)nc2ccccc21)N(C)CCOCC1CC1.I. The first-order valence-electron chi connectivity index (χ1n) is 10.2. The van der Waals surface area contributed by atoms with Gasteiger partial charge in [0.2, 0.25) is 0 Å². The lowest BCUT2D eigenvalue weighted by Crippen LogP contribution is -2.40. The minimum atomic E-state index is 0. The van der Waals surface area contributed by atoms with Crippen LogP contribution >= 0.6 is 24.0 Å². The van der Waals surface area contributed by atoms with Gasteiger partial charge in [0.15, 0.2) is 5.96 Å². The predicted molar refractivity (Wildman–Crippen MR) is 127 cm³/mol. The molecule has 0 bridgehead atoms. The van der Waals surface area contributed by atoms with Gasteiger partial charge in [-0.3, -0.25) is 4.99 Å². The molecular weight excluding hydrogens is 465 g/mol. The molecule has 1 aliphatic carbocycles. The van der Waals surface area contributed by atoms with Crippen LogP contribution in [0.1, 0.15) is 32.0 Å². The molecule has 2 aromatic rings. The number of likely N-dealkylation sites (N-methyl/N-ethyl adjacent to an activating group) is 1. The molecular formula is C21H34IN5O. The van der Waals surface area contributed by atoms with Crippen LogP contribution in [-0.2, 0) is 11.3 Å². The van der Waals surface area contributed by atoms with Crippen LogP contribution in [0.25, 0.3) is 11.0 Å². The van der Waals surface area contributed by atoms with Crippen LogP contribution in [0.3, 0.4) is 0 Å². The van der Waals surface area contributed by atoms with Crippen LogP contribution in [0.4, 0.5) is 0 Å².